The van der Waals surface area contributed by atoms with Gasteiger partial charge in [0.2, 0.25) is 0 Å². The van der Waals surface area contributed by atoms with Gasteiger partial charge in [0, 0.05) is 30.4 Å². The monoisotopic (exact) mass is 283 g/mol. The van der Waals surface area contributed by atoms with Gasteiger partial charge < -0.3 is 10.1 Å². The van der Waals surface area contributed by atoms with Crippen LogP contribution in [0.4, 0.5) is 0 Å². The van der Waals surface area contributed by atoms with Crippen LogP contribution in [0.1, 0.15) is 24.9 Å². The van der Waals surface area contributed by atoms with Crippen LogP contribution < -0.4 is 5.32 Å². The largest absolute Gasteiger partial charge is 0.461 e. The van der Waals surface area contributed by atoms with Crippen molar-refractivity contribution < 1.29 is 9.53 Å². The van der Waals surface area contributed by atoms with Crippen molar-refractivity contribution in [2.45, 2.75) is 25.5 Å². The Morgan fingerprint density at radius 1 is 1.44 bits per heavy atom. The average Bonchev–Trinajstić information content (AvgIpc) is 2.66. The fourth-order valence-electron chi connectivity index (χ4n) is 1.98. The summed E-state index contributed by atoms with van der Waals surface area (Å²) in [6.07, 6.45) is 0.854. The molecule has 4 heteroatoms. The summed E-state index contributed by atoms with van der Waals surface area (Å²) < 4.78 is 6.25. The number of benzene rings is 1. The van der Waals surface area contributed by atoms with E-state index in [2.05, 4.69) is 33.4 Å². The molecule has 86 valence electrons. The molecule has 1 heterocycles. The topological polar surface area (TPSA) is 38.3 Å². The molecule has 0 saturated carbocycles. The van der Waals surface area contributed by atoms with E-state index in [1.807, 2.05) is 12.1 Å². The lowest BCUT2D eigenvalue weighted by atomic mass is 10.1. The molecule has 0 aromatic heterocycles. The molecule has 1 aliphatic heterocycles. The minimum Gasteiger partial charge on any atom is -0.461 e. The van der Waals surface area contributed by atoms with Crippen LogP contribution in [0.2, 0.25) is 0 Å². The Morgan fingerprint density at radius 3 is 2.75 bits per heavy atom. The number of carbonyl (C=O) groups is 1. The first-order valence-electron chi connectivity index (χ1n) is 5.31. The minimum absolute atomic E-state index is 0.00569. The predicted molar refractivity (Wildman–Crippen MR) is 65.1 cm³/mol. The molecular formula is C12H14BrNO2. The van der Waals surface area contributed by atoms with E-state index in [0.717, 1.165) is 17.4 Å². The molecule has 2 atom stereocenters. The summed E-state index contributed by atoms with van der Waals surface area (Å²) in [4.78, 5) is 10.8. The van der Waals surface area contributed by atoms with E-state index in [1.165, 1.54) is 12.5 Å². The molecule has 1 saturated heterocycles. The number of halogens is 1. The van der Waals surface area contributed by atoms with Crippen LogP contribution in [0.3, 0.4) is 0 Å². The summed E-state index contributed by atoms with van der Waals surface area (Å²) in [6.45, 7) is 2.19. The van der Waals surface area contributed by atoms with Crippen LogP contribution in [-0.2, 0) is 9.53 Å². The highest BCUT2D eigenvalue weighted by Gasteiger charge is 2.26. The zero-order valence-corrected chi connectivity index (χ0v) is 10.7. The Hall–Kier alpha value is -0.870. The van der Waals surface area contributed by atoms with Crippen LogP contribution >= 0.6 is 15.9 Å². The Kier molecular flexibility index (Phi) is 3.61. The maximum absolute atomic E-state index is 10.8. The van der Waals surface area contributed by atoms with Crippen molar-refractivity contribution in [1.82, 2.24) is 5.32 Å². The van der Waals surface area contributed by atoms with Gasteiger partial charge in [-0.1, -0.05) is 28.1 Å². The van der Waals surface area contributed by atoms with Crippen molar-refractivity contribution in [1.29, 1.82) is 0 Å². The number of esters is 1. The molecule has 1 aromatic carbocycles. The zero-order chi connectivity index (χ0) is 11.5. The summed E-state index contributed by atoms with van der Waals surface area (Å²) in [6, 6.07) is 8.50. The van der Waals surface area contributed by atoms with E-state index in [4.69, 9.17) is 4.74 Å². The molecule has 0 spiro atoms. The second-order valence-electron chi connectivity index (χ2n) is 3.98. The number of hydrogen-bond acceptors (Lipinski definition) is 3. The maximum atomic E-state index is 10.8. The van der Waals surface area contributed by atoms with Gasteiger partial charge in [-0.05, 0) is 17.7 Å². The first-order valence-corrected chi connectivity index (χ1v) is 6.10. The van der Waals surface area contributed by atoms with Gasteiger partial charge in [-0.25, -0.2) is 0 Å². The van der Waals surface area contributed by atoms with Crippen LogP contribution in [0.15, 0.2) is 28.7 Å². The molecule has 1 aromatic rings. The summed E-state index contributed by atoms with van der Waals surface area (Å²) in [5.74, 6) is -0.205. The van der Waals surface area contributed by atoms with Crippen molar-refractivity contribution in [3.63, 3.8) is 0 Å². The molecule has 0 aliphatic carbocycles. The van der Waals surface area contributed by atoms with Crippen molar-refractivity contribution in [3.05, 3.63) is 34.3 Å². The lowest BCUT2D eigenvalue weighted by Crippen LogP contribution is -2.19. The van der Waals surface area contributed by atoms with Gasteiger partial charge in [-0.3, -0.25) is 4.79 Å². The van der Waals surface area contributed by atoms with Crippen LogP contribution in [0, 0.1) is 0 Å². The number of hydrogen-bond donors (Lipinski definition) is 1. The molecule has 1 fully saturated rings. The van der Waals surface area contributed by atoms with E-state index < -0.39 is 0 Å². The van der Waals surface area contributed by atoms with Crippen LogP contribution in [0.25, 0.3) is 0 Å². The highest BCUT2D eigenvalue weighted by molar-refractivity contribution is 9.10. The standard InChI is InChI=1S/C12H14BrNO2/c1-8(15)16-11-6-12(14-7-11)9-2-4-10(13)5-3-9/h2-5,11-12,14H,6-7H2,1H3/t11?,12-/m1/s1. The third-order valence-electron chi connectivity index (χ3n) is 2.70. The van der Waals surface area contributed by atoms with Crippen molar-refractivity contribution >= 4 is 21.9 Å². The van der Waals surface area contributed by atoms with Gasteiger partial charge in [0.1, 0.15) is 6.10 Å². The lowest BCUT2D eigenvalue weighted by Gasteiger charge is -2.11. The Morgan fingerprint density at radius 2 is 2.12 bits per heavy atom. The van der Waals surface area contributed by atoms with Crippen molar-refractivity contribution in [2.75, 3.05) is 6.54 Å². The number of nitrogens with one attached hydrogen (secondary N) is 1. The fraction of sp³-hybridized carbons (Fsp3) is 0.417. The summed E-state index contributed by atoms with van der Waals surface area (Å²) in [5, 5.41) is 3.36. The van der Waals surface area contributed by atoms with Gasteiger partial charge in [0.05, 0.1) is 0 Å². The number of carbonyl (C=O) groups excluding carboxylic acids is 1. The molecule has 0 amide bonds. The highest BCUT2D eigenvalue weighted by atomic mass is 79.9. The average molecular weight is 284 g/mol. The maximum Gasteiger partial charge on any atom is 0.302 e. The van der Waals surface area contributed by atoms with E-state index >= 15 is 0 Å². The SMILES string of the molecule is CC(=O)OC1CN[C@@H](c2ccc(Br)cc2)C1. The number of ether oxygens (including phenoxy) is 1. The van der Waals surface area contributed by atoms with Gasteiger partial charge >= 0.3 is 5.97 Å². The molecule has 0 bridgehead atoms. The second-order valence-corrected chi connectivity index (χ2v) is 4.90. The third-order valence-corrected chi connectivity index (χ3v) is 3.22. The molecule has 1 unspecified atom stereocenters. The predicted octanol–water partition coefficient (Wildman–Crippen LogP) is 2.42. The van der Waals surface area contributed by atoms with E-state index in [0.29, 0.717) is 0 Å². The molecule has 1 N–H and O–H groups in total. The van der Waals surface area contributed by atoms with Crippen LogP contribution in [-0.4, -0.2) is 18.6 Å². The van der Waals surface area contributed by atoms with Gasteiger partial charge in [-0.15, -0.1) is 0 Å². The summed E-state index contributed by atoms with van der Waals surface area (Å²) in [5.41, 5.74) is 1.23. The van der Waals surface area contributed by atoms with E-state index in [9.17, 15) is 4.79 Å². The smallest absolute Gasteiger partial charge is 0.302 e. The van der Waals surface area contributed by atoms with Gasteiger partial charge in [-0.2, -0.15) is 0 Å². The molecule has 1 aliphatic rings. The molecule has 3 nitrogen and oxygen atoms in total. The van der Waals surface area contributed by atoms with E-state index in [1.54, 1.807) is 0 Å². The molecule has 0 radical (unpaired) electrons. The third kappa shape index (κ3) is 2.83. The molecule has 16 heavy (non-hydrogen) atoms. The van der Waals surface area contributed by atoms with Crippen molar-refractivity contribution in [3.8, 4) is 0 Å². The van der Waals surface area contributed by atoms with Crippen LogP contribution in [0.5, 0.6) is 0 Å². The molecular weight excluding hydrogens is 270 g/mol. The normalized spacial score (nSPS) is 24.4. The second kappa shape index (κ2) is 4.97. The Labute approximate surface area is 103 Å². The van der Waals surface area contributed by atoms with Gasteiger partial charge in [0.25, 0.3) is 0 Å². The van der Waals surface area contributed by atoms with Gasteiger partial charge in [0.15, 0.2) is 0 Å². The highest BCUT2D eigenvalue weighted by Crippen LogP contribution is 2.26. The quantitative estimate of drug-likeness (QED) is 0.848. The Balaban J connectivity index is 1.98. The first kappa shape index (κ1) is 11.6. The number of rotatable bonds is 2. The minimum atomic E-state index is -0.205. The zero-order valence-electron chi connectivity index (χ0n) is 9.07. The van der Waals surface area contributed by atoms with E-state index in [-0.39, 0.29) is 18.1 Å². The lowest BCUT2D eigenvalue weighted by molar-refractivity contribution is -0.145. The molecule has 2 rings (SSSR count). The first-order chi connectivity index (χ1) is 7.65. The summed E-state index contributed by atoms with van der Waals surface area (Å²) >= 11 is 3.41. The summed E-state index contributed by atoms with van der Waals surface area (Å²) in [7, 11) is 0. The van der Waals surface area contributed by atoms with Crippen molar-refractivity contribution in [2.24, 2.45) is 0 Å². The fourth-order valence-corrected chi connectivity index (χ4v) is 2.24. The Bertz CT molecular complexity index is 377.